The number of hydrogen-bond acceptors (Lipinski definition) is 5. The Bertz CT molecular complexity index is 1010. The van der Waals surface area contributed by atoms with E-state index in [2.05, 4.69) is 10.3 Å². The van der Waals surface area contributed by atoms with Crippen LogP contribution < -0.4 is 5.32 Å². The number of thiazole rings is 1. The highest BCUT2D eigenvalue weighted by molar-refractivity contribution is 7.15. The molecule has 0 aliphatic carbocycles. The average molecular weight is 426 g/mol. The third-order valence-electron chi connectivity index (χ3n) is 4.81. The SMILES string of the molecule is CCOCCCN(CC(=O)Nc1nc(C)c(C)s1)C(=O)c1ccc2ccccc2c1. The van der Waals surface area contributed by atoms with Crippen molar-refractivity contribution in [1.29, 1.82) is 0 Å². The molecule has 0 fully saturated rings. The van der Waals surface area contributed by atoms with E-state index in [1.807, 2.05) is 63.2 Å². The van der Waals surface area contributed by atoms with E-state index < -0.39 is 0 Å². The molecule has 1 aromatic heterocycles. The molecule has 0 spiro atoms. The molecule has 0 aliphatic rings. The number of hydrogen-bond donors (Lipinski definition) is 1. The van der Waals surface area contributed by atoms with Crippen LogP contribution in [0.15, 0.2) is 42.5 Å². The van der Waals surface area contributed by atoms with Crippen molar-refractivity contribution in [2.75, 3.05) is 31.6 Å². The molecule has 3 aromatic rings. The van der Waals surface area contributed by atoms with Gasteiger partial charge in [0.15, 0.2) is 5.13 Å². The Morgan fingerprint density at radius 1 is 1.13 bits per heavy atom. The molecule has 1 heterocycles. The second-order valence-corrected chi connectivity index (χ2v) is 8.25. The number of amides is 2. The van der Waals surface area contributed by atoms with Gasteiger partial charge in [0.25, 0.3) is 5.91 Å². The lowest BCUT2D eigenvalue weighted by Crippen LogP contribution is -2.39. The maximum absolute atomic E-state index is 13.2. The second-order valence-electron chi connectivity index (χ2n) is 7.05. The van der Waals surface area contributed by atoms with Crippen LogP contribution in [0.2, 0.25) is 0 Å². The van der Waals surface area contributed by atoms with Crippen molar-refractivity contribution in [3.05, 3.63) is 58.6 Å². The van der Waals surface area contributed by atoms with Crippen molar-refractivity contribution in [2.24, 2.45) is 0 Å². The molecule has 3 rings (SSSR count). The predicted octanol–water partition coefficient (Wildman–Crippen LogP) is 4.42. The fourth-order valence-corrected chi connectivity index (χ4v) is 3.95. The van der Waals surface area contributed by atoms with E-state index in [1.165, 1.54) is 11.3 Å². The first-order valence-electron chi connectivity index (χ1n) is 10.1. The summed E-state index contributed by atoms with van der Waals surface area (Å²) in [5.41, 5.74) is 1.47. The molecule has 0 radical (unpaired) electrons. The number of benzene rings is 2. The van der Waals surface area contributed by atoms with Gasteiger partial charge in [0.05, 0.1) is 5.69 Å². The van der Waals surface area contributed by atoms with Gasteiger partial charge in [0.1, 0.15) is 6.54 Å². The smallest absolute Gasteiger partial charge is 0.254 e. The predicted molar refractivity (Wildman–Crippen MR) is 121 cm³/mol. The van der Waals surface area contributed by atoms with Crippen LogP contribution in [-0.2, 0) is 9.53 Å². The van der Waals surface area contributed by atoms with Crippen LogP contribution in [0.3, 0.4) is 0 Å². The number of nitrogens with zero attached hydrogens (tertiary/aromatic N) is 2. The van der Waals surface area contributed by atoms with Gasteiger partial charge in [-0.2, -0.15) is 0 Å². The number of carbonyl (C=O) groups is 2. The van der Waals surface area contributed by atoms with Gasteiger partial charge >= 0.3 is 0 Å². The Hall–Kier alpha value is -2.77. The summed E-state index contributed by atoms with van der Waals surface area (Å²) in [5.74, 6) is -0.423. The molecule has 6 nitrogen and oxygen atoms in total. The molecule has 2 amide bonds. The normalized spacial score (nSPS) is 10.9. The molecule has 0 aliphatic heterocycles. The summed E-state index contributed by atoms with van der Waals surface area (Å²) < 4.78 is 5.40. The quantitative estimate of drug-likeness (QED) is 0.515. The van der Waals surface area contributed by atoms with Crippen LogP contribution in [0, 0.1) is 13.8 Å². The van der Waals surface area contributed by atoms with Crippen LogP contribution >= 0.6 is 11.3 Å². The Kier molecular flexibility index (Phi) is 7.54. The van der Waals surface area contributed by atoms with Gasteiger partial charge in [0.2, 0.25) is 5.91 Å². The van der Waals surface area contributed by atoms with Gasteiger partial charge < -0.3 is 15.0 Å². The van der Waals surface area contributed by atoms with E-state index in [0.29, 0.717) is 36.9 Å². The third-order valence-corrected chi connectivity index (χ3v) is 5.80. The molecule has 30 heavy (non-hydrogen) atoms. The minimum atomic E-state index is -0.255. The largest absolute Gasteiger partial charge is 0.382 e. The highest BCUT2D eigenvalue weighted by Gasteiger charge is 2.20. The lowest BCUT2D eigenvalue weighted by Gasteiger charge is -2.22. The van der Waals surface area contributed by atoms with Gasteiger partial charge in [-0.3, -0.25) is 9.59 Å². The molecule has 7 heteroatoms. The van der Waals surface area contributed by atoms with Crippen LogP contribution in [-0.4, -0.2) is 48.0 Å². The van der Waals surface area contributed by atoms with Gasteiger partial charge in [-0.15, -0.1) is 11.3 Å². The number of ether oxygens (including phenoxy) is 1. The molecule has 2 aromatic carbocycles. The molecule has 0 atom stereocenters. The highest BCUT2D eigenvalue weighted by atomic mass is 32.1. The van der Waals surface area contributed by atoms with Crippen LogP contribution in [0.1, 0.15) is 34.3 Å². The molecular weight excluding hydrogens is 398 g/mol. The van der Waals surface area contributed by atoms with Gasteiger partial charge in [0, 0.05) is 30.2 Å². The lowest BCUT2D eigenvalue weighted by molar-refractivity contribution is -0.116. The van der Waals surface area contributed by atoms with E-state index in [9.17, 15) is 9.59 Å². The van der Waals surface area contributed by atoms with Gasteiger partial charge in [-0.1, -0.05) is 30.3 Å². The number of carbonyl (C=O) groups excluding carboxylic acids is 2. The standard InChI is InChI=1S/C23H27N3O3S/c1-4-29-13-7-12-26(15-21(27)25-23-24-16(2)17(3)30-23)22(28)20-11-10-18-8-5-6-9-19(18)14-20/h5-6,8-11,14H,4,7,12-13,15H2,1-3H3,(H,24,25,27). The van der Waals surface area contributed by atoms with Crippen molar-refractivity contribution in [1.82, 2.24) is 9.88 Å². The highest BCUT2D eigenvalue weighted by Crippen LogP contribution is 2.21. The summed E-state index contributed by atoms with van der Waals surface area (Å²) in [6, 6.07) is 13.5. The minimum Gasteiger partial charge on any atom is -0.382 e. The number of rotatable bonds is 9. The molecule has 0 unspecified atom stereocenters. The summed E-state index contributed by atoms with van der Waals surface area (Å²) in [4.78, 5) is 32.8. The zero-order chi connectivity index (χ0) is 21.5. The van der Waals surface area contributed by atoms with Crippen molar-refractivity contribution >= 4 is 39.1 Å². The van der Waals surface area contributed by atoms with E-state index in [1.54, 1.807) is 4.90 Å². The Morgan fingerprint density at radius 2 is 1.90 bits per heavy atom. The Morgan fingerprint density at radius 3 is 2.60 bits per heavy atom. The van der Waals surface area contributed by atoms with Gasteiger partial charge in [-0.25, -0.2) is 4.98 Å². The fourth-order valence-electron chi connectivity index (χ4n) is 3.12. The minimum absolute atomic E-state index is 0.0323. The number of fused-ring (bicyclic) bond motifs is 1. The Labute approximate surface area is 180 Å². The van der Waals surface area contributed by atoms with Crippen molar-refractivity contribution < 1.29 is 14.3 Å². The zero-order valence-corrected chi connectivity index (χ0v) is 18.4. The van der Waals surface area contributed by atoms with Crippen LogP contribution in [0.25, 0.3) is 10.8 Å². The summed E-state index contributed by atoms with van der Waals surface area (Å²) in [5, 5.41) is 5.44. The number of anilines is 1. The van der Waals surface area contributed by atoms with E-state index in [-0.39, 0.29) is 18.4 Å². The summed E-state index contributed by atoms with van der Waals surface area (Å²) in [7, 11) is 0. The first-order valence-corrected chi connectivity index (χ1v) is 10.9. The molecular formula is C23H27N3O3S. The lowest BCUT2D eigenvalue weighted by atomic mass is 10.1. The number of aryl methyl sites for hydroxylation is 2. The topological polar surface area (TPSA) is 71.5 Å². The maximum Gasteiger partial charge on any atom is 0.254 e. The van der Waals surface area contributed by atoms with E-state index >= 15 is 0 Å². The van der Waals surface area contributed by atoms with Crippen molar-refractivity contribution in [3.8, 4) is 0 Å². The molecule has 0 saturated carbocycles. The van der Waals surface area contributed by atoms with Crippen molar-refractivity contribution in [2.45, 2.75) is 27.2 Å². The second kappa shape index (κ2) is 10.3. The van der Waals surface area contributed by atoms with Crippen LogP contribution in [0.4, 0.5) is 5.13 Å². The number of aromatic nitrogens is 1. The monoisotopic (exact) mass is 425 g/mol. The van der Waals surface area contributed by atoms with Crippen molar-refractivity contribution in [3.63, 3.8) is 0 Å². The van der Waals surface area contributed by atoms with Gasteiger partial charge in [-0.05, 0) is 50.1 Å². The number of nitrogens with one attached hydrogen (secondary N) is 1. The first-order chi connectivity index (χ1) is 14.5. The van der Waals surface area contributed by atoms with Crippen LogP contribution in [0.5, 0.6) is 0 Å². The molecule has 1 N–H and O–H groups in total. The Balaban J connectivity index is 1.74. The molecule has 0 bridgehead atoms. The third kappa shape index (κ3) is 5.64. The molecule has 0 saturated heterocycles. The fraction of sp³-hybridized carbons (Fsp3) is 0.348. The maximum atomic E-state index is 13.2. The summed E-state index contributed by atoms with van der Waals surface area (Å²) >= 11 is 1.43. The first kappa shape index (κ1) is 21.9. The van der Waals surface area contributed by atoms with E-state index in [4.69, 9.17) is 4.74 Å². The zero-order valence-electron chi connectivity index (χ0n) is 17.6. The molecule has 158 valence electrons. The van der Waals surface area contributed by atoms with E-state index in [0.717, 1.165) is 21.3 Å². The average Bonchev–Trinajstić information content (AvgIpc) is 3.05. The summed E-state index contributed by atoms with van der Waals surface area (Å²) in [6.07, 6.45) is 0.663. The summed E-state index contributed by atoms with van der Waals surface area (Å²) in [6.45, 7) is 7.39.